The summed E-state index contributed by atoms with van der Waals surface area (Å²) in [6.45, 7) is 2.08. The first-order valence-electron chi connectivity index (χ1n) is 6.30. The van der Waals surface area contributed by atoms with Gasteiger partial charge in [-0.25, -0.2) is 9.37 Å². The summed E-state index contributed by atoms with van der Waals surface area (Å²) in [5, 5.41) is 0. The Balaban J connectivity index is 2.01. The van der Waals surface area contributed by atoms with Gasteiger partial charge in [-0.2, -0.15) is 0 Å². The smallest absolute Gasteiger partial charge is 0.123 e. The van der Waals surface area contributed by atoms with E-state index < -0.39 is 0 Å². The van der Waals surface area contributed by atoms with Crippen molar-refractivity contribution >= 4 is 11.0 Å². The Morgan fingerprint density at radius 3 is 2.58 bits per heavy atom. The molecule has 0 aliphatic heterocycles. The molecule has 1 heterocycles. The van der Waals surface area contributed by atoms with Crippen molar-refractivity contribution in [2.75, 3.05) is 0 Å². The summed E-state index contributed by atoms with van der Waals surface area (Å²) in [5.41, 5.74) is 4.43. The molecule has 0 saturated carbocycles. The van der Waals surface area contributed by atoms with Crippen LogP contribution in [0, 0.1) is 12.7 Å². The molecule has 96 valence electrons. The van der Waals surface area contributed by atoms with Crippen molar-refractivity contribution in [3.8, 4) is 0 Å². The SMILES string of the molecule is Cc1ccc2nc(Cc3ccc(F)cc3)n(C)c2c1. The van der Waals surface area contributed by atoms with Gasteiger partial charge in [0.1, 0.15) is 11.6 Å². The number of fused-ring (bicyclic) bond motifs is 1. The minimum atomic E-state index is -0.204. The van der Waals surface area contributed by atoms with Gasteiger partial charge in [-0.15, -0.1) is 0 Å². The lowest BCUT2D eigenvalue weighted by atomic mass is 10.1. The highest BCUT2D eigenvalue weighted by atomic mass is 19.1. The van der Waals surface area contributed by atoms with Gasteiger partial charge in [0.2, 0.25) is 0 Å². The molecule has 0 aliphatic rings. The molecule has 3 aromatic rings. The molecule has 19 heavy (non-hydrogen) atoms. The lowest BCUT2D eigenvalue weighted by molar-refractivity contribution is 0.627. The summed E-state index contributed by atoms with van der Waals surface area (Å²) in [5.74, 6) is 0.789. The third-order valence-electron chi connectivity index (χ3n) is 3.40. The first kappa shape index (κ1) is 11.9. The molecule has 1 aromatic heterocycles. The molecular formula is C16H15FN2. The standard InChI is InChI=1S/C16H15FN2/c1-11-3-8-14-15(9-11)19(2)16(18-14)10-12-4-6-13(17)7-5-12/h3-9H,10H2,1-2H3. The maximum atomic E-state index is 12.9. The van der Waals surface area contributed by atoms with Crippen LogP contribution in [0.4, 0.5) is 4.39 Å². The van der Waals surface area contributed by atoms with Crippen LogP contribution >= 0.6 is 0 Å². The Morgan fingerprint density at radius 2 is 1.84 bits per heavy atom. The Kier molecular flexibility index (Phi) is 2.82. The monoisotopic (exact) mass is 254 g/mol. The van der Waals surface area contributed by atoms with Gasteiger partial charge in [0, 0.05) is 13.5 Å². The lowest BCUT2D eigenvalue weighted by Gasteiger charge is -2.03. The Bertz CT molecular complexity index is 726. The van der Waals surface area contributed by atoms with Gasteiger partial charge in [0.15, 0.2) is 0 Å². The number of imidazole rings is 1. The number of rotatable bonds is 2. The van der Waals surface area contributed by atoms with Gasteiger partial charge >= 0.3 is 0 Å². The predicted octanol–water partition coefficient (Wildman–Crippen LogP) is 3.61. The topological polar surface area (TPSA) is 17.8 Å². The minimum Gasteiger partial charge on any atom is -0.331 e. The highest BCUT2D eigenvalue weighted by Crippen LogP contribution is 2.18. The molecule has 2 nitrogen and oxygen atoms in total. The van der Waals surface area contributed by atoms with E-state index in [4.69, 9.17) is 0 Å². The van der Waals surface area contributed by atoms with Gasteiger partial charge in [0.25, 0.3) is 0 Å². The number of hydrogen-bond donors (Lipinski definition) is 0. The summed E-state index contributed by atoms with van der Waals surface area (Å²) in [6.07, 6.45) is 0.713. The average molecular weight is 254 g/mol. The largest absolute Gasteiger partial charge is 0.331 e. The van der Waals surface area contributed by atoms with E-state index in [2.05, 4.69) is 28.6 Å². The number of halogens is 1. The third kappa shape index (κ3) is 2.24. The van der Waals surface area contributed by atoms with Crippen molar-refractivity contribution < 1.29 is 4.39 Å². The van der Waals surface area contributed by atoms with Gasteiger partial charge in [-0.05, 0) is 42.3 Å². The summed E-state index contributed by atoms with van der Waals surface area (Å²) in [6, 6.07) is 12.8. The zero-order chi connectivity index (χ0) is 13.4. The Hall–Kier alpha value is -2.16. The molecule has 3 rings (SSSR count). The average Bonchev–Trinajstić information content (AvgIpc) is 2.70. The number of aryl methyl sites for hydroxylation is 2. The number of aromatic nitrogens is 2. The van der Waals surface area contributed by atoms with Crippen LogP contribution in [0.2, 0.25) is 0 Å². The first-order valence-corrected chi connectivity index (χ1v) is 6.30. The van der Waals surface area contributed by atoms with Gasteiger partial charge in [-0.1, -0.05) is 18.2 Å². The quantitative estimate of drug-likeness (QED) is 0.683. The zero-order valence-electron chi connectivity index (χ0n) is 11.0. The van der Waals surface area contributed by atoms with Gasteiger partial charge in [-0.3, -0.25) is 0 Å². The molecule has 0 atom stereocenters. The summed E-state index contributed by atoms with van der Waals surface area (Å²) < 4.78 is 15.0. The fourth-order valence-electron chi connectivity index (χ4n) is 2.29. The molecule has 0 amide bonds. The van der Waals surface area contributed by atoms with Crippen molar-refractivity contribution in [2.45, 2.75) is 13.3 Å². The summed E-state index contributed by atoms with van der Waals surface area (Å²) in [7, 11) is 2.02. The molecular weight excluding hydrogens is 239 g/mol. The van der Waals surface area contributed by atoms with E-state index >= 15 is 0 Å². The van der Waals surface area contributed by atoms with Crippen molar-refractivity contribution in [2.24, 2.45) is 7.05 Å². The predicted molar refractivity (Wildman–Crippen MR) is 74.7 cm³/mol. The maximum Gasteiger partial charge on any atom is 0.123 e. The van der Waals surface area contributed by atoms with Gasteiger partial charge in [0.05, 0.1) is 11.0 Å². The van der Waals surface area contributed by atoms with E-state index in [1.54, 1.807) is 12.1 Å². The van der Waals surface area contributed by atoms with E-state index in [9.17, 15) is 4.39 Å². The van der Waals surface area contributed by atoms with Crippen LogP contribution in [-0.2, 0) is 13.5 Å². The van der Waals surface area contributed by atoms with Crippen molar-refractivity contribution in [3.05, 3.63) is 65.2 Å². The lowest BCUT2D eigenvalue weighted by Crippen LogP contribution is -1.99. The molecule has 0 unspecified atom stereocenters. The van der Waals surface area contributed by atoms with Crippen LogP contribution in [0.3, 0.4) is 0 Å². The van der Waals surface area contributed by atoms with E-state index in [0.29, 0.717) is 6.42 Å². The second kappa shape index (κ2) is 4.50. The summed E-state index contributed by atoms with van der Waals surface area (Å²) in [4.78, 5) is 4.64. The van der Waals surface area contributed by atoms with E-state index in [-0.39, 0.29) is 5.82 Å². The second-order valence-corrected chi connectivity index (χ2v) is 4.88. The van der Waals surface area contributed by atoms with E-state index in [1.807, 2.05) is 13.1 Å². The van der Waals surface area contributed by atoms with Crippen LogP contribution in [0.1, 0.15) is 17.0 Å². The van der Waals surface area contributed by atoms with Crippen molar-refractivity contribution in [1.82, 2.24) is 9.55 Å². The molecule has 0 N–H and O–H groups in total. The highest BCUT2D eigenvalue weighted by Gasteiger charge is 2.08. The molecule has 0 radical (unpaired) electrons. The molecule has 0 saturated heterocycles. The summed E-state index contributed by atoms with van der Waals surface area (Å²) >= 11 is 0. The van der Waals surface area contributed by atoms with Crippen LogP contribution < -0.4 is 0 Å². The number of benzene rings is 2. The van der Waals surface area contributed by atoms with Crippen LogP contribution in [0.25, 0.3) is 11.0 Å². The van der Waals surface area contributed by atoms with Crippen LogP contribution in [-0.4, -0.2) is 9.55 Å². The Labute approximate surface area is 111 Å². The zero-order valence-corrected chi connectivity index (χ0v) is 11.0. The molecule has 0 aliphatic carbocycles. The fourth-order valence-corrected chi connectivity index (χ4v) is 2.29. The molecule has 0 bridgehead atoms. The number of hydrogen-bond acceptors (Lipinski definition) is 1. The van der Waals surface area contributed by atoms with E-state index in [0.717, 1.165) is 22.4 Å². The fraction of sp³-hybridized carbons (Fsp3) is 0.188. The van der Waals surface area contributed by atoms with Gasteiger partial charge < -0.3 is 4.57 Å². The second-order valence-electron chi connectivity index (χ2n) is 4.88. The molecule has 0 fully saturated rings. The highest BCUT2D eigenvalue weighted by molar-refractivity contribution is 5.76. The normalized spacial score (nSPS) is 11.1. The molecule has 2 aromatic carbocycles. The van der Waals surface area contributed by atoms with Crippen LogP contribution in [0.15, 0.2) is 42.5 Å². The first-order chi connectivity index (χ1) is 9.13. The van der Waals surface area contributed by atoms with Crippen molar-refractivity contribution in [1.29, 1.82) is 0 Å². The molecule has 3 heteroatoms. The van der Waals surface area contributed by atoms with Crippen molar-refractivity contribution in [3.63, 3.8) is 0 Å². The third-order valence-corrected chi connectivity index (χ3v) is 3.40. The Morgan fingerprint density at radius 1 is 1.11 bits per heavy atom. The van der Waals surface area contributed by atoms with E-state index in [1.165, 1.54) is 17.7 Å². The maximum absolute atomic E-state index is 12.9. The number of nitrogens with zero attached hydrogens (tertiary/aromatic N) is 2. The minimum absolute atomic E-state index is 0.204. The molecule has 0 spiro atoms. The van der Waals surface area contributed by atoms with Crippen LogP contribution in [0.5, 0.6) is 0 Å².